The lowest BCUT2D eigenvalue weighted by Crippen LogP contribution is -2.36. The minimum Gasteiger partial charge on any atom is -0.465 e. The molecule has 1 aromatic heterocycles. The maximum atomic E-state index is 12.8. The molecule has 3 aromatic rings. The molecule has 0 aliphatic carbocycles. The highest BCUT2D eigenvalue weighted by atomic mass is 16.5. The highest BCUT2D eigenvalue weighted by Gasteiger charge is 2.22. The summed E-state index contributed by atoms with van der Waals surface area (Å²) in [4.78, 5) is 34.6. The van der Waals surface area contributed by atoms with E-state index in [1.807, 2.05) is 12.1 Å². The molecular weight excluding hydrogens is 368 g/mol. The maximum Gasteiger partial charge on any atom is 0.337 e. The molecule has 0 unspecified atom stereocenters. The van der Waals surface area contributed by atoms with Gasteiger partial charge in [-0.05, 0) is 41.8 Å². The molecule has 0 saturated carbocycles. The van der Waals surface area contributed by atoms with Crippen molar-refractivity contribution >= 4 is 23.4 Å². The molecule has 1 aliphatic heterocycles. The topological polar surface area (TPSA) is 84.4 Å². The number of nitrogens with one attached hydrogen (secondary N) is 1. The van der Waals surface area contributed by atoms with Gasteiger partial charge in [-0.2, -0.15) is 0 Å². The predicted octanol–water partition coefficient (Wildman–Crippen LogP) is 3.21. The van der Waals surface area contributed by atoms with Gasteiger partial charge in [-0.25, -0.2) is 14.8 Å². The lowest BCUT2D eigenvalue weighted by molar-refractivity contribution is 0.0600. The number of hydrogen-bond acceptors (Lipinski definition) is 6. The fourth-order valence-electron chi connectivity index (χ4n) is 3.29. The Morgan fingerprint density at radius 2 is 1.76 bits per heavy atom. The van der Waals surface area contributed by atoms with Gasteiger partial charge in [0.15, 0.2) is 0 Å². The molecule has 1 N–H and O–H groups in total. The minimum atomic E-state index is -0.389. The highest BCUT2D eigenvalue weighted by Crippen LogP contribution is 2.20. The zero-order chi connectivity index (χ0) is 20.2. The monoisotopic (exact) mass is 388 g/mol. The number of esters is 1. The number of anilines is 2. The summed E-state index contributed by atoms with van der Waals surface area (Å²) in [5.41, 5.74) is 4.00. The van der Waals surface area contributed by atoms with Crippen molar-refractivity contribution in [3.63, 3.8) is 0 Å². The predicted molar refractivity (Wildman–Crippen MR) is 108 cm³/mol. The smallest absolute Gasteiger partial charge is 0.337 e. The largest absolute Gasteiger partial charge is 0.465 e. The van der Waals surface area contributed by atoms with Gasteiger partial charge in [0.05, 0.1) is 25.1 Å². The summed E-state index contributed by atoms with van der Waals surface area (Å²) in [6.45, 7) is 1.26. The van der Waals surface area contributed by atoms with E-state index in [9.17, 15) is 9.59 Å². The second-order valence-corrected chi connectivity index (χ2v) is 6.73. The van der Waals surface area contributed by atoms with Gasteiger partial charge >= 0.3 is 5.97 Å². The van der Waals surface area contributed by atoms with E-state index in [0.717, 1.165) is 12.1 Å². The Morgan fingerprint density at radius 1 is 1.00 bits per heavy atom. The maximum absolute atomic E-state index is 12.8. The molecule has 7 nitrogen and oxygen atoms in total. The van der Waals surface area contributed by atoms with E-state index in [4.69, 9.17) is 0 Å². The number of methoxy groups -OCH3 is 1. The Kier molecular flexibility index (Phi) is 5.20. The Bertz CT molecular complexity index is 1030. The summed E-state index contributed by atoms with van der Waals surface area (Å²) in [6.07, 6.45) is 3.85. The summed E-state index contributed by atoms with van der Waals surface area (Å²) in [7, 11) is 1.34. The van der Waals surface area contributed by atoms with Crippen LogP contribution in [0.1, 0.15) is 32.0 Å². The zero-order valence-electron chi connectivity index (χ0n) is 16.0. The van der Waals surface area contributed by atoms with E-state index >= 15 is 0 Å². The number of aromatic nitrogens is 2. The minimum absolute atomic E-state index is 0.124. The van der Waals surface area contributed by atoms with Crippen molar-refractivity contribution in [2.24, 2.45) is 0 Å². The molecule has 0 fully saturated rings. The molecular formula is C22H20N4O3. The van der Waals surface area contributed by atoms with Crippen molar-refractivity contribution < 1.29 is 14.3 Å². The van der Waals surface area contributed by atoms with Gasteiger partial charge in [0.25, 0.3) is 5.91 Å². The number of carbonyl (C=O) groups is 2. The van der Waals surface area contributed by atoms with Crippen LogP contribution in [0.5, 0.6) is 0 Å². The third-order valence-corrected chi connectivity index (χ3v) is 4.87. The van der Waals surface area contributed by atoms with Crippen LogP contribution in [-0.4, -0.2) is 40.4 Å². The van der Waals surface area contributed by atoms with Crippen molar-refractivity contribution in [2.75, 3.05) is 19.0 Å². The average Bonchev–Trinajstić information content (AvgIpc) is 2.79. The zero-order valence-corrected chi connectivity index (χ0v) is 16.0. The van der Waals surface area contributed by atoms with Crippen LogP contribution in [0, 0.1) is 0 Å². The fourth-order valence-corrected chi connectivity index (χ4v) is 3.29. The number of benzene rings is 2. The SMILES string of the molecule is COC(=O)c1ccc(Nc2cnc(C(=O)N3CCc4ccccc4C3)cn2)cc1. The summed E-state index contributed by atoms with van der Waals surface area (Å²) < 4.78 is 4.68. The van der Waals surface area contributed by atoms with Crippen LogP contribution >= 0.6 is 0 Å². The quantitative estimate of drug-likeness (QED) is 0.691. The molecule has 146 valence electrons. The third-order valence-electron chi connectivity index (χ3n) is 4.87. The number of fused-ring (bicyclic) bond motifs is 1. The van der Waals surface area contributed by atoms with Gasteiger partial charge in [-0.3, -0.25) is 4.79 Å². The van der Waals surface area contributed by atoms with Gasteiger partial charge in [0, 0.05) is 18.8 Å². The van der Waals surface area contributed by atoms with E-state index < -0.39 is 0 Å². The van der Waals surface area contributed by atoms with Crippen molar-refractivity contribution in [1.29, 1.82) is 0 Å². The van der Waals surface area contributed by atoms with Crippen molar-refractivity contribution in [1.82, 2.24) is 14.9 Å². The average molecular weight is 388 g/mol. The molecule has 0 spiro atoms. The van der Waals surface area contributed by atoms with Gasteiger partial charge < -0.3 is 15.0 Å². The Hall–Kier alpha value is -3.74. The molecule has 0 bridgehead atoms. The van der Waals surface area contributed by atoms with Crippen LogP contribution < -0.4 is 5.32 Å². The molecule has 29 heavy (non-hydrogen) atoms. The Balaban J connectivity index is 1.41. The van der Waals surface area contributed by atoms with E-state index in [1.165, 1.54) is 30.6 Å². The van der Waals surface area contributed by atoms with Crippen LogP contribution in [0.4, 0.5) is 11.5 Å². The summed E-state index contributed by atoms with van der Waals surface area (Å²) in [5, 5.41) is 3.10. The molecule has 0 atom stereocenters. The first-order chi connectivity index (χ1) is 14.1. The van der Waals surface area contributed by atoms with Crippen LogP contribution in [0.3, 0.4) is 0 Å². The Morgan fingerprint density at radius 3 is 2.45 bits per heavy atom. The number of ether oxygens (including phenoxy) is 1. The molecule has 0 saturated heterocycles. The van der Waals surface area contributed by atoms with E-state index in [0.29, 0.717) is 30.2 Å². The van der Waals surface area contributed by atoms with Crippen molar-refractivity contribution in [3.05, 3.63) is 83.3 Å². The molecule has 4 rings (SSSR count). The van der Waals surface area contributed by atoms with Crippen LogP contribution in [0.15, 0.2) is 60.9 Å². The second kappa shape index (κ2) is 8.10. The molecule has 2 heterocycles. The molecule has 0 radical (unpaired) electrons. The van der Waals surface area contributed by atoms with Crippen LogP contribution in [-0.2, 0) is 17.7 Å². The Labute approximate surface area is 168 Å². The number of nitrogens with zero attached hydrogens (tertiary/aromatic N) is 3. The third kappa shape index (κ3) is 4.08. The van der Waals surface area contributed by atoms with Crippen LogP contribution in [0.2, 0.25) is 0 Å². The molecule has 2 aromatic carbocycles. The summed E-state index contributed by atoms with van der Waals surface area (Å²) >= 11 is 0. The van der Waals surface area contributed by atoms with Gasteiger partial charge in [-0.15, -0.1) is 0 Å². The molecule has 1 aliphatic rings. The van der Waals surface area contributed by atoms with Gasteiger partial charge in [0.2, 0.25) is 0 Å². The lowest BCUT2D eigenvalue weighted by atomic mass is 10.00. The van der Waals surface area contributed by atoms with Crippen molar-refractivity contribution in [3.8, 4) is 0 Å². The highest BCUT2D eigenvalue weighted by molar-refractivity contribution is 5.92. The standard InChI is InChI=1S/C22H20N4O3/c1-29-22(28)16-6-8-18(9-7-16)25-20-13-23-19(12-24-20)21(27)26-11-10-15-4-2-3-5-17(15)14-26/h2-9,12-13H,10-11,14H2,1H3,(H,24,25). The molecule has 1 amide bonds. The second-order valence-electron chi connectivity index (χ2n) is 6.73. The first kappa shape index (κ1) is 18.6. The van der Waals surface area contributed by atoms with Gasteiger partial charge in [-0.1, -0.05) is 24.3 Å². The first-order valence-electron chi connectivity index (χ1n) is 9.27. The summed E-state index contributed by atoms with van der Waals surface area (Å²) in [5.74, 6) is -0.00288. The van der Waals surface area contributed by atoms with Gasteiger partial charge in [0.1, 0.15) is 11.5 Å². The van der Waals surface area contributed by atoms with E-state index in [-0.39, 0.29) is 11.9 Å². The van der Waals surface area contributed by atoms with Crippen molar-refractivity contribution in [2.45, 2.75) is 13.0 Å². The number of rotatable bonds is 4. The summed E-state index contributed by atoms with van der Waals surface area (Å²) in [6, 6.07) is 15.0. The first-order valence-corrected chi connectivity index (χ1v) is 9.27. The number of amides is 1. The number of hydrogen-bond donors (Lipinski definition) is 1. The lowest BCUT2D eigenvalue weighted by Gasteiger charge is -2.28. The van der Waals surface area contributed by atoms with E-state index in [1.54, 1.807) is 29.2 Å². The molecule has 7 heteroatoms. The normalized spacial score (nSPS) is 12.8. The fraction of sp³-hybridized carbons (Fsp3) is 0.182. The number of carbonyl (C=O) groups excluding carboxylic acids is 2. The van der Waals surface area contributed by atoms with Crippen LogP contribution in [0.25, 0.3) is 0 Å². The van der Waals surface area contributed by atoms with E-state index in [2.05, 4.69) is 32.2 Å².